The fourth-order valence-corrected chi connectivity index (χ4v) is 5.17. The first-order valence-corrected chi connectivity index (χ1v) is 12.4. The van der Waals surface area contributed by atoms with E-state index in [0.29, 0.717) is 52.7 Å². The molecule has 0 N–H and O–H groups in total. The van der Waals surface area contributed by atoms with E-state index in [9.17, 15) is 13.2 Å². The molecule has 6 nitrogen and oxygen atoms in total. The number of rotatable bonds is 7. The van der Waals surface area contributed by atoms with Crippen LogP contribution in [-0.2, 0) is 6.18 Å². The van der Waals surface area contributed by atoms with Gasteiger partial charge in [0.15, 0.2) is 17.0 Å². The molecule has 188 valence electrons. The Hall–Kier alpha value is -2.97. The molecule has 0 bridgehead atoms. The zero-order chi connectivity index (χ0) is 25.7. The van der Waals surface area contributed by atoms with E-state index in [1.54, 1.807) is 4.52 Å². The van der Waals surface area contributed by atoms with E-state index in [-0.39, 0.29) is 5.92 Å². The lowest BCUT2D eigenvalue weighted by atomic mass is 9.94. The second-order valence-electron chi connectivity index (χ2n) is 9.31. The van der Waals surface area contributed by atoms with Crippen molar-refractivity contribution in [2.45, 2.75) is 92.2 Å². The van der Waals surface area contributed by atoms with Gasteiger partial charge in [-0.1, -0.05) is 27.7 Å². The number of alkyl halides is 3. The van der Waals surface area contributed by atoms with Crippen molar-refractivity contribution in [2.75, 3.05) is 0 Å². The summed E-state index contributed by atoms with van der Waals surface area (Å²) in [6, 6.07) is 3.23. The number of fused-ring (bicyclic) bond motifs is 2. The Morgan fingerprint density at radius 2 is 1.14 bits per heavy atom. The summed E-state index contributed by atoms with van der Waals surface area (Å²) in [7, 11) is 0. The maximum absolute atomic E-state index is 13.9. The molecule has 0 spiro atoms. The first-order valence-electron chi connectivity index (χ1n) is 12.4. The summed E-state index contributed by atoms with van der Waals surface area (Å²) in [5.74, 6) is 0.259. The maximum Gasteiger partial charge on any atom is 0.435 e. The van der Waals surface area contributed by atoms with Gasteiger partial charge in [-0.3, -0.25) is 0 Å². The largest absolute Gasteiger partial charge is 0.435 e. The molecule has 0 saturated heterocycles. The van der Waals surface area contributed by atoms with Crippen LogP contribution in [0.1, 0.15) is 99.1 Å². The lowest BCUT2D eigenvalue weighted by Gasteiger charge is -2.17. The van der Waals surface area contributed by atoms with Crippen LogP contribution in [-0.4, -0.2) is 29.2 Å². The highest BCUT2D eigenvalue weighted by Gasteiger charge is 2.36. The first-order chi connectivity index (χ1) is 16.5. The molecule has 0 unspecified atom stereocenters. The molecule has 35 heavy (non-hydrogen) atoms. The molecular formula is C26H33F3N6. The summed E-state index contributed by atoms with van der Waals surface area (Å²) in [4.78, 5) is 9.58. The Kier molecular flexibility index (Phi) is 6.64. The van der Waals surface area contributed by atoms with Gasteiger partial charge in [-0.25, -0.2) is 19.0 Å². The van der Waals surface area contributed by atoms with Gasteiger partial charge in [0, 0.05) is 11.1 Å². The van der Waals surface area contributed by atoms with Crippen molar-refractivity contribution in [1.82, 2.24) is 29.2 Å². The van der Waals surface area contributed by atoms with Gasteiger partial charge in [-0.15, -0.1) is 0 Å². The minimum Gasteiger partial charge on any atom is -0.231 e. The Labute approximate surface area is 203 Å². The zero-order valence-corrected chi connectivity index (χ0v) is 21.5. The molecule has 0 aliphatic carbocycles. The van der Waals surface area contributed by atoms with Crippen molar-refractivity contribution in [3.05, 3.63) is 46.0 Å². The quantitative estimate of drug-likeness (QED) is 0.277. The van der Waals surface area contributed by atoms with Crippen LogP contribution in [0, 0.1) is 20.8 Å². The molecule has 0 aromatic carbocycles. The molecule has 4 heterocycles. The van der Waals surface area contributed by atoms with Crippen LogP contribution in [0.15, 0.2) is 12.1 Å². The van der Waals surface area contributed by atoms with Crippen molar-refractivity contribution < 1.29 is 13.2 Å². The highest BCUT2D eigenvalue weighted by atomic mass is 19.4. The number of nitrogens with zero attached hydrogens (tertiary/aromatic N) is 6. The molecule has 4 rings (SSSR count). The number of hydrogen-bond donors (Lipinski definition) is 0. The third-order valence-corrected chi connectivity index (χ3v) is 7.06. The average Bonchev–Trinajstić information content (AvgIpc) is 3.29. The molecule has 9 heteroatoms. The second kappa shape index (κ2) is 9.24. The van der Waals surface area contributed by atoms with E-state index < -0.39 is 11.9 Å². The van der Waals surface area contributed by atoms with Gasteiger partial charge in [0.2, 0.25) is 0 Å². The highest BCUT2D eigenvalue weighted by molar-refractivity contribution is 5.71. The Bertz CT molecular complexity index is 1370. The fraction of sp³-hybridized carbons (Fsp3) is 0.538. The van der Waals surface area contributed by atoms with Crippen LogP contribution in [0.3, 0.4) is 0 Å². The molecule has 4 aromatic heterocycles. The van der Waals surface area contributed by atoms with Crippen molar-refractivity contribution >= 4 is 11.3 Å². The van der Waals surface area contributed by atoms with E-state index in [1.807, 2.05) is 34.6 Å². The molecule has 0 amide bonds. The summed E-state index contributed by atoms with van der Waals surface area (Å²) in [5.41, 5.74) is 5.18. The van der Waals surface area contributed by atoms with Gasteiger partial charge in [0.1, 0.15) is 11.4 Å². The Morgan fingerprint density at radius 3 is 1.57 bits per heavy atom. The molecule has 4 aromatic rings. The normalized spacial score (nSPS) is 12.7. The van der Waals surface area contributed by atoms with Crippen molar-refractivity contribution in [3.8, 4) is 11.4 Å². The number of hydrogen-bond acceptors (Lipinski definition) is 4. The number of aromatic nitrogens is 6. The smallest absolute Gasteiger partial charge is 0.231 e. The van der Waals surface area contributed by atoms with Gasteiger partial charge < -0.3 is 0 Å². The standard InChI is InChI=1S/C26H33F3N6/c1-8-17(9-2)19-12-14(5)32-34-22(15(6)30-24(19)34)23-16(7)31-25-20(18(10-3)11-4)13-21(26(27,28)29)33-35(23)25/h12-13,17-18H,8-11H2,1-7H3. The van der Waals surface area contributed by atoms with Gasteiger partial charge in [0.25, 0.3) is 0 Å². The van der Waals surface area contributed by atoms with E-state index >= 15 is 0 Å². The minimum atomic E-state index is -4.57. The summed E-state index contributed by atoms with van der Waals surface area (Å²) >= 11 is 0. The monoisotopic (exact) mass is 486 g/mol. The van der Waals surface area contributed by atoms with Gasteiger partial charge >= 0.3 is 6.18 Å². The van der Waals surface area contributed by atoms with Crippen molar-refractivity contribution in [2.24, 2.45) is 0 Å². The third kappa shape index (κ3) is 4.19. The Morgan fingerprint density at radius 1 is 0.714 bits per heavy atom. The third-order valence-electron chi connectivity index (χ3n) is 7.06. The summed E-state index contributed by atoms with van der Waals surface area (Å²) in [6.45, 7) is 13.9. The molecule has 0 fully saturated rings. The topological polar surface area (TPSA) is 60.4 Å². The number of halogens is 3. The first kappa shape index (κ1) is 25.1. The fourth-order valence-electron chi connectivity index (χ4n) is 5.17. The molecular weight excluding hydrogens is 453 g/mol. The van der Waals surface area contributed by atoms with E-state index in [2.05, 4.69) is 25.0 Å². The van der Waals surface area contributed by atoms with E-state index in [0.717, 1.165) is 35.8 Å². The van der Waals surface area contributed by atoms with Crippen LogP contribution in [0.25, 0.3) is 22.7 Å². The van der Waals surface area contributed by atoms with E-state index in [4.69, 9.17) is 15.1 Å². The molecule has 0 aliphatic rings. The van der Waals surface area contributed by atoms with Crippen LogP contribution in [0.5, 0.6) is 0 Å². The van der Waals surface area contributed by atoms with Gasteiger partial charge in [0.05, 0.1) is 17.1 Å². The minimum absolute atomic E-state index is 0.0543. The highest BCUT2D eigenvalue weighted by Crippen LogP contribution is 2.37. The number of imidazole rings is 2. The Balaban J connectivity index is 2.11. The van der Waals surface area contributed by atoms with Crippen LogP contribution in [0.2, 0.25) is 0 Å². The van der Waals surface area contributed by atoms with Crippen molar-refractivity contribution in [3.63, 3.8) is 0 Å². The van der Waals surface area contributed by atoms with Crippen molar-refractivity contribution in [1.29, 1.82) is 0 Å². The van der Waals surface area contributed by atoms with Crippen LogP contribution < -0.4 is 0 Å². The maximum atomic E-state index is 13.9. The molecule has 0 saturated carbocycles. The predicted octanol–water partition coefficient (Wildman–Crippen LogP) is 7.19. The average molecular weight is 487 g/mol. The zero-order valence-electron chi connectivity index (χ0n) is 21.5. The second-order valence-corrected chi connectivity index (χ2v) is 9.31. The summed E-state index contributed by atoms with van der Waals surface area (Å²) in [6.07, 6.45) is -1.23. The lowest BCUT2D eigenvalue weighted by molar-refractivity contribution is -0.141. The molecule has 0 atom stereocenters. The SMILES string of the molecule is CCC(CC)c1cc(C)nn2c(-c3c(C)nc4c(C(CC)CC)cc(C(F)(F)F)nn34)c(C)nc12. The lowest BCUT2D eigenvalue weighted by Crippen LogP contribution is -2.14. The molecule has 0 radical (unpaired) electrons. The summed E-state index contributed by atoms with van der Waals surface area (Å²) in [5, 5.41) is 8.79. The van der Waals surface area contributed by atoms with Crippen LogP contribution in [0.4, 0.5) is 13.2 Å². The summed E-state index contributed by atoms with van der Waals surface area (Å²) < 4.78 is 44.9. The van der Waals surface area contributed by atoms with Gasteiger partial charge in [-0.2, -0.15) is 23.4 Å². The van der Waals surface area contributed by atoms with E-state index in [1.165, 1.54) is 4.52 Å². The predicted molar refractivity (Wildman–Crippen MR) is 131 cm³/mol. The van der Waals surface area contributed by atoms with Crippen LogP contribution >= 0.6 is 0 Å². The number of aryl methyl sites for hydroxylation is 3. The molecule has 0 aliphatic heterocycles. The van der Waals surface area contributed by atoms with Gasteiger partial charge in [-0.05, 0) is 70.4 Å².